The van der Waals surface area contributed by atoms with Crippen molar-refractivity contribution in [3.8, 4) is 0 Å². The van der Waals surface area contributed by atoms with Crippen LogP contribution in [0.15, 0.2) is 36.5 Å². The minimum absolute atomic E-state index is 0.0731. The van der Waals surface area contributed by atoms with Gasteiger partial charge in [0.15, 0.2) is 0 Å². The van der Waals surface area contributed by atoms with Crippen molar-refractivity contribution in [3.63, 3.8) is 0 Å². The second kappa shape index (κ2) is 6.78. The summed E-state index contributed by atoms with van der Waals surface area (Å²) in [4.78, 5) is 12.9. The van der Waals surface area contributed by atoms with Crippen molar-refractivity contribution in [1.82, 2.24) is 9.78 Å². The third kappa shape index (κ3) is 3.19. The number of hydrogen-bond donors (Lipinski definition) is 1. The number of hydrogen-bond acceptors (Lipinski definition) is 5. The Labute approximate surface area is 134 Å². The van der Waals surface area contributed by atoms with E-state index in [9.17, 15) is 10.1 Å². The molecule has 1 aliphatic rings. The molecule has 0 aliphatic carbocycles. The second-order valence-corrected chi connectivity index (χ2v) is 5.71. The van der Waals surface area contributed by atoms with Crippen LogP contribution in [-0.4, -0.2) is 39.5 Å². The van der Waals surface area contributed by atoms with Crippen molar-refractivity contribution in [1.29, 1.82) is 0 Å². The van der Waals surface area contributed by atoms with Crippen LogP contribution in [0.25, 0.3) is 0 Å². The first kappa shape index (κ1) is 15.5. The zero-order chi connectivity index (χ0) is 16.2. The van der Waals surface area contributed by atoms with E-state index in [-0.39, 0.29) is 17.2 Å². The van der Waals surface area contributed by atoms with Gasteiger partial charge in [-0.25, -0.2) is 0 Å². The molecule has 0 atom stereocenters. The van der Waals surface area contributed by atoms with Crippen molar-refractivity contribution in [2.75, 3.05) is 24.6 Å². The highest BCUT2D eigenvalue weighted by Gasteiger charge is 2.26. The third-order valence-electron chi connectivity index (χ3n) is 4.39. The number of para-hydroxylation sites is 2. The Hall–Kier alpha value is -2.41. The summed E-state index contributed by atoms with van der Waals surface area (Å²) in [5.41, 5.74) is 2.00. The molecule has 2 heterocycles. The maximum Gasteiger partial charge on any atom is 0.292 e. The minimum atomic E-state index is -0.322. The van der Waals surface area contributed by atoms with Gasteiger partial charge < -0.3 is 10.0 Å². The van der Waals surface area contributed by atoms with Crippen LogP contribution in [0.4, 0.5) is 11.4 Å². The van der Waals surface area contributed by atoms with Gasteiger partial charge in [0.05, 0.1) is 18.1 Å². The van der Waals surface area contributed by atoms with Gasteiger partial charge in [0.25, 0.3) is 5.69 Å². The number of aliphatic hydroxyl groups excluding tert-OH is 1. The lowest BCUT2D eigenvalue weighted by atomic mass is 9.93. The van der Waals surface area contributed by atoms with Crippen LogP contribution in [0.3, 0.4) is 0 Å². The summed E-state index contributed by atoms with van der Waals surface area (Å²) >= 11 is 0. The minimum Gasteiger partial charge on any atom is -0.394 e. The van der Waals surface area contributed by atoms with E-state index in [1.807, 2.05) is 22.9 Å². The maximum atomic E-state index is 11.2. The fourth-order valence-electron chi connectivity index (χ4n) is 3.27. The standard InChI is InChI=1S/C16H20N4O3/c21-12-11-19-14(5-8-17-19)13-6-9-18(10-7-13)15-3-1-2-4-16(15)20(22)23/h1-5,8,13,21H,6-7,9-12H2. The van der Waals surface area contributed by atoms with Crippen molar-refractivity contribution >= 4 is 11.4 Å². The van der Waals surface area contributed by atoms with Gasteiger partial charge in [-0.15, -0.1) is 0 Å². The number of rotatable bonds is 5. The van der Waals surface area contributed by atoms with Crippen LogP contribution in [0.5, 0.6) is 0 Å². The molecule has 3 rings (SSSR count). The molecule has 2 aromatic rings. The molecule has 0 unspecified atom stereocenters. The number of piperidine rings is 1. The fraction of sp³-hybridized carbons (Fsp3) is 0.438. The normalized spacial score (nSPS) is 15.8. The van der Waals surface area contributed by atoms with Gasteiger partial charge in [0.2, 0.25) is 0 Å². The molecule has 0 saturated carbocycles. The van der Waals surface area contributed by atoms with Crippen molar-refractivity contribution in [2.24, 2.45) is 0 Å². The largest absolute Gasteiger partial charge is 0.394 e. The molecule has 0 amide bonds. The Morgan fingerprint density at radius 1 is 1.26 bits per heavy atom. The SMILES string of the molecule is O=[N+]([O-])c1ccccc1N1CCC(c2ccnn2CCO)CC1. The molecule has 0 bridgehead atoms. The lowest BCUT2D eigenvalue weighted by Crippen LogP contribution is -2.34. The van der Waals surface area contributed by atoms with E-state index in [1.165, 1.54) is 0 Å². The first-order valence-corrected chi connectivity index (χ1v) is 7.81. The molecule has 0 radical (unpaired) electrons. The van der Waals surface area contributed by atoms with E-state index in [4.69, 9.17) is 5.11 Å². The smallest absolute Gasteiger partial charge is 0.292 e. The highest BCUT2D eigenvalue weighted by Crippen LogP contribution is 2.34. The van der Waals surface area contributed by atoms with Gasteiger partial charge in [-0.3, -0.25) is 14.8 Å². The summed E-state index contributed by atoms with van der Waals surface area (Å²) in [6.07, 6.45) is 3.60. The van der Waals surface area contributed by atoms with Crippen LogP contribution in [0.1, 0.15) is 24.5 Å². The summed E-state index contributed by atoms with van der Waals surface area (Å²) < 4.78 is 1.85. The molecule has 7 nitrogen and oxygen atoms in total. The lowest BCUT2D eigenvalue weighted by molar-refractivity contribution is -0.384. The van der Waals surface area contributed by atoms with E-state index in [1.54, 1.807) is 18.3 Å². The quantitative estimate of drug-likeness (QED) is 0.675. The molecule has 23 heavy (non-hydrogen) atoms. The summed E-state index contributed by atoms with van der Waals surface area (Å²) in [7, 11) is 0. The molecule has 1 fully saturated rings. The number of nitrogens with zero attached hydrogens (tertiary/aromatic N) is 4. The van der Waals surface area contributed by atoms with Gasteiger partial charge in [-0.05, 0) is 25.0 Å². The van der Waals surface area contributed by atoms with Crippen LogP contribution >= 0.6 is 0 Å². The first-order valence-electron chi connectivity index (χ1n) is 7.81. The number of aromatic nitrogens is 2. The Morgan fingerprint density at radius 2 is 2.00 bits per heavy atom. The molecule has 0 spiro atoms. The average Bonchev–Trinajstić information content (AvgIpc) is 3.04. The maximum absolute atomic E-state index is 11.2. The van der Waals surface area contributed by atoms with E-state index < -0.39 is 0 Å². The Morgan fingerprint density at radius 3 is 2.70 bits per heavy atom. The van der Waals surface area contributed by atoms with E-state index in [0.29, 0.717) is 18.2 Å². The third-order valence-corrected chi connectivity index (χ3v) is 4.39. The monoisotopic (exact) mass is 316 g/mol. The summed E-state index contributed by atoms with van der Waals surface area (Å²) in [6, 6.07) is 8.90. The van der Waals surface area contributed by atoms with Gasteiger partial charge in [-0.1, -0.05) is 12.1 Å². The Kier molecular flexibility index (Phi) is 4.57. The van der Waals surface area contributed by atoms with Crippen LogP contribution in [0, 0.1) is 10.1 Å². The number of anilines is 1. The van der Waals surface area contributed by atoms with E-state index in [0.717, 1.165) is 31.6 Å². The molecular weight excluding hydrogens is 296 g/mol. The van der Waals surface area contributed by atoms with Crippen molar-refractivity contribution in [2.45, 2.75) is 25.3 Å². The highest BCUT2D eigenvalue weighted by molar-refractivity contribution is 5.63. The molecule has 1 N–H and O–H groups in total. The molecule has 1 saturated heterocycles. The first-order chi connectivity index (χ1) is 11.2. The number of nitro benzene ring substituents is 1. The summed E-state index contributed by atoms with van der Waals surface area (Å²) in [6.45, 7) is 2.14. The van der Waals surface area contributed by atoms with Gasteiger partial charge >= 0.3 is 0 Å². The predicted molar refractivity (Wildman–Crippen MR) is 86.6 cm³/mol. The number of benzene rings is 1. The Bertz CT molecular complexity index is 677. The second-order valence-electron chi connectivity index (χ2n) is 5.71. The molecular formula is C16H20N4O3. The zero-order valence-electron chi connectivity index (χ0n) is 12.8. The highest BCUT2D eigenvalue weighted by atomic mass is 16.6. The molecule has 1 aromatic heterocycles. The average molecular weight is 316 g/mol. The van der Waals surface area contributed by atoms with E-state index in [2.05, 4.69) is 10.00 Å². The van der Waals surface area contributed by atoms with Crippen LogP contribution in [0.2, 0.25) is 0 Å². The molecule has 122 valence electrons. The van der Waals surface area contributed by atoms with E-state index >= 15 is 0 Å². The summed E-state index contributed by atoms with van der Waals surface area (Å²) in [5.74, 6) is 0.378. The molecule has 1 aromatic carbocycles. The Balaban J connectivity index is 1.71. The lowest BCUT2D eigenvalue weighted by Gasteiger charge is -2.33. The fourth-order valence-corrected chi connectivity index (χ4v) is 3.27. The number of aliphatic hydroxyl groups is 1. The topological polar surface area (TPSA) is 84.4 Å². The van der Waals surface area contributed by atoms with Crippen LogP contribution in [-0.2, 0) is 6.54 Å². The predicted octanol–water partition coefficient (Wildman–Crippen LogP) is 2.17. The van der Waals surface area contributed by atoms with Crippen LogP contribution < -0.4 is 4.90 Å². The van der Waals surface area contributed by atoms with Crippen molar-refractivity contribution < 1.29 is 10.0 Å². The van der Waals surface area contributed by atoms with Crippen molar-refractivity contribution in [3.05, 3.63) is 52.3 Å². The number of nitro groups is 1. The zero-order valence-corrected chi connectivity index (χ0v) is 12.8. The molecule has 1 aliphatic heterocycles. The molecule has 7 heteroatoms. The summed E-state index contributed by atoms with van der Waals surface area (Å²) in [5, 5.41) is 24.5. The van der Waals surface area contributed by atoms with Gasteiger partial charge in [0, 0.05) is 37.0 Å². The van der Waals surface area contributed by atoms with Gasteiger partial charge in [0.1, 0.15) is 5.69 Å². The van der Waals surface area contributed by atoms with Gasteiger partial charge in [-0.2, -0.15) is 5.10 Å².